The van der Waals surface area contributed by atoms with Gasteiger partial charge >= 0.3 is 0 Å². The van der Waals surface area contributed by atoms with Crippen LogP contribution in [-0.4, -0.2) is 29.5 Å². The van der Waals surface area contributed by atoms with Crippen molar-refractivity contribution >= 4 is 0 Å². The normalized spacial score (nSPS) is 21.0. The molecule has 5 nitrogen and oxygen atoms in total. The van der Waals surface area contributed by atoms with Crippen molar-refractivity contribution in [2.24, 2.45) is 0 Å². The van der Waals surface area contributed by atoms with Crippen molar-refractivity contribution in [1.29, 1.82) is 0 Å². The number of fused-ring (bicyclic) bond motifs is 1. The van der Waals surface area contributed by atoms with Crippen molar-refractivity contribution in [2.75, 3.05) is 14.2 Å². The molecule has 2 N–H and O–H groups in total. The molecule has 2 unspecified atom stereocenters. The van der Waals surface area contributed by atoms with Gasteiger partial charge in [0.2, 0.25) is 0 Å². The van der Waals surface area contributed by atoms with E-state index >= 15 is 0 Å². The average Bonchev–Trinajstić information content (AvgIpc) is 2.88. The number of hydrogen-bond donors (Lipinski definition) is 2. The molecule has 0 fully saturated rings. The Hall–Kier alpha value is -2.01. The summed E-state index contributed by atoms with van der Waals surface area (Å²) in [5, 5.41) is 17.7. The third-order valence-electron chi connectivity index (χ3n) is 4.23. The minimum atomic E-state index is -0.467. The van der Waals surface area contributed by atoms with Crippen molar-refractivity contribution in [2.45, 2.75) is 31.8 Å². The number of hydrogen-bond acceptors (Lipinski definition) is 4. The van der Waals surface area contributed by atoms with Gasteiger partial charge in [0.25, 0.3) is 0 Å². The number of aliphatic hydroxyl groups excluding tert-OH is 1. The first-order chi connectivity index (χ1) is 10.1. The van der Waals surface area contributed by atoms with Crippen molar-refractivity contribution < 1.29 is 14.6 Å². The summed E-state index contributed by atoms with van der Waals surface area (Å²) in [6.07, 6.45) is 1.06. The molecule has 2 aromatic rings. The highest BCUT2D eigenvalue weighted by Gasteiger charge is 2.30. The summed E-state index contributed by atoms with van der Waals surface area (Å²) in [5.41, 5.74) is 4.03. The molecule has 112 valence electrons. The van der Waals surface area contributed by atoms with Gasteiger partial charge in [-0.25, -0.2) is 0 Å². The smallest absolute Gasteiger partial charge is 0.160 e. The zero-order chi connectivity index (χ0) is 15.0. The summed E-state index contributed by atoms with van der Waals surface area (Å²) in [7, 11) is 3.26. The number of ether oxygens (including phenoxy) is 2. The van der Waals surface area contributed by atoms with E-state index in [0.717, 1.165) is 28.9 Å². The molecule has 0 bridgehead atoms. The second-order valence-corrected chi connectivity index (χ2v) is 5.48. The second-order valence-electron chi connectivity index (χ2n) is 5.48. The third kappa shape index (κ3) is 2.38. The van der Waals surface area contributed by atoms with Crippen LogP contribution in [0.1, 0.15) is 41.0 Å². The Morgan fingerprint density at radius 2 is 2.00 bits per heavy atom. The molecular weight excluding hydrogens is 268 g/mol. The van der Waals surface area contributed by atoms with Crippen LogP contribution in [0.15, 0.2) is 18.2 Å². The number of aromatic nitrogens is 2. The number of nitrogens with one attached hydrogen (secondary N) is 1. The van der Waals surface area contributed by atoms with E-state index in [1.807, 2.05) is 25.1 Å². The van der Waals surface area contributed by atoms with E-state index < -0.39 is 6.10 Å². The van der Waals surface area contributed by atoms with Gasteiger partial charge in [0, 0.05) is 11.3 Å². The fourth-order valence-electron chi connectivity index (χ4n) is 3.15. The van der Waals surface area contributed by atoms with Crippen LogP contribution < -0.4 is 9.47 Å². The number of nitrogens with zero attached hydrogens (tertiary/aromatic N) is 1. The molecule has 0 aliphatic heterocycles. The number of aromatic amines is 1. The number of rotatable bonds is 3. The topological polar surface area (TPSA) is 67.4 Å². The molecule has 1 aromatic heterocycles. The van der Waals surface area contributed by atoms with E-state index in [9.17, 15) is 5.11 Å². The van der Waals surface area contributed by atoms with E-state index in [4.69, 9.17) is 9.47 Å². The molecule has 1 aromatic carbocycles. The molecular formula is C16H20N2O3. The molecule has 0 saturated heterocycles. The van der Waals surface area contributed by atoms with Gasteiger partial charge in [-0.05, 0) is 43.4 Å². The van der Waals surface area contributed by atoms with Gasteiger partial charge in [0.05, 0.1) is 26.0 Å². The summed E-state index contributed by atoms with van der Waals surface area (Å²) in [6, 6.07) is 5.93. The monoisotopic (exact) mass is 288 g/mol. The molecule has 2 atom stereocenters. The molecule has 5 heteroatoms. The lowest BCUT2D eigenvalue weighted by Gasteiger charge is -2.26. The molecule has 3 rings (SSSR count). The SMILES string of the molecule is COc1ccc(C2Cc3n[nH]c(C)c3C(O)C2)cc1OC. The number of benzene rings is 1. The first kappa shape index (κ1) is 13.9. The maximum atomic E-state index is 10.4. The fraction of sp³-hybridized carbons (Fsp3) is 0.438. The minimum Gasteiger partial charge on any atom is -0.493 e. The van der Waals surface area contributed by atoms with Crippen LogP contribution in [0.2, 0.25) is 0 Å². The van der Waals surface area contributed by atoms with Crippen molar-refractivity contribution in [3.05, 3.63) is 40.7 Å². The zero-order valence-corrected chi connectivity index (χ0v) is 12.5. The Balaban J connectivity index is 1.92. The van der Waals surface area contributed by atoms with Gasteiger partial charge in [0.15, 0.2) is 11.5 Å². The van der Waals surface area contributed by atoms with E-state index in [1.165, 1.54) is 0 Å². The Labute approximate surface area is 123 Å². The highest BCUT2D eigenvalue weighted by molar-refractivity contribution is 5.45. The molecule has 21 heavy (non-hydrogen) atoms. The zero-order valence-electron chi connectivity index (χ0n) is 12.5. The summed E-state index contributed by atoms with van der Waals surface area (Å²) in [6.45, 7) is 1.95. The Morgan fingerprint density at radius 1 is 1.24 bits per heavy atom. The molecule has 1 heterocycles. The van der Waals surface area contributed by atoms with Gasteiger partial charge in [-0.1, -0.05) is 6.07 Å². The summed E-state index contributed by atoms with van der Waals surface area (Å²) in [5.74, 6) is 1.66. The predicted molar refractivity (Wildman–Crippen MR) is 78.9 cm³/mol. The van der Waals surface area contributed by atoms with Gasteiger partial charge in [-0.2, -0.15) is 5.10 Å². The minimum absolute atomic E-state index is 0.231. The van der Waals surface area contributed by atoms with Crippen LogP contribution >= 0.6 is 0 Å². The lowest BCUT2D eigenvalue weighted by molar-refractivity contribution is 0.146. The van der Waals surface area contributed by atoms with Crippen LogP contribution in [0, 0.1) is 6.92 Å². The van der Waals surface area contributed by atoms with Gasteiger partial charge in [0.1, 0.15) is 0 Å². The van der Waals surface area contributed by atoms with Crippen LogP contribution in [0.4, 0.5) is 0 Å². The summed E-state index contributed by atoms with van der Waals surface area (Å²) >= 11 is 0. The first-order valence-corrected chi connectivity index (χ1v) is 7.07. The van der Waals surface area contributed by atoms with Crippen LogP contribution in [0.5, 0.6) is 11.5 Å². The Morgan fingerprint density at radius 3 is 2.71 bits per heavy atom. The lowest BCUT2D eigenvalue weighted by Crippen LogP contribution is -2.17. The maximum Gasteiger partial charge on any atom is 0.160 e. The highest BCUT2D eigenvalue weighted by Crippen LogP contribution is 2.41. The standard InChI is InChI=1S/C16H20N2O3/c1-9-16-12(18-17-9)6-11(7-13(16)19)10-4-5-14(20-2)15(8-10)21-3/h4-5,8,11,13,19H,6-7H2,1-3H3,(H,17,18). The highest BCUT2D eigenvalue weighted by atomic mass is 16.5. The largest absolute Gasteiger partial charge is 0.493 e. The number of aliphatic hydroxyl groups is 1. The van der Waals surface area contributed by atoms with Gasteiger partial charge < -0.3 is 14.6 Å². The first-order valence-electron chi connectivity index (χ1n) is 7.07. The molecule has 0 radical (unpaired) electrons. The van der Waals surface area contributed by atoms with Crippen LogP contribution in [-0.2, 0) is 6.42 Å². The van der Waals surface area contributed by atoms with Crippen molar-refractivity contribution in [3.63, 3.8) is 0 Å². The molecule has 0 spiro atoms. The number of aryl methyl sites for hydroxylation is 1. The van der Waals surface area contributed by atoms with E-state index in [0.29, 0.717) is 17.9 Å². The lowest BCUT2D eigenvalue weighted by atomic mass is 9.81. The molecule has 1 aliphatic carbocycles. The Bertz CT molecular complexity index is 651. The van der Waals surface area contributed by atoms with E-state index in [1.54, 1.807) is 14.2 Å². The van der Waals surface area contributed by atoms with Gasteiger partial charge in [-0.3, -0.25) is 5.10 Å². The maximum absolute atomic E-state index is 10.4. The third-order valence-corrected chi connectivity index (χ3v) is 4.23. The summed E-state index contributed by atoms with van der Waals surface area (Å²) in [4.78, 5) is 0. The number of methoxy groups -OCH3 is 2. The second kappa shape index (κ2) is 5.41. The van der Waals surface area contributed by atoms with E-state index in [2.05, 4.69) is 10.2 Å². The van der Waals surface area contributed by atoms with Crippen molar-refractivity contribution in [3.8, 4) is 11.5 Å². The quantitative estimate of drug-likeness (QED) is 0.910. The number of H-pyrrole nitrogens is 1. The van der Waals surface area contributed by atoms with Gasteiger partial charge in [-0.15, -0.1) is 0 Å². The van der Waals surface area contributed by atoms with Crippen LogP contribution in [0.25, 0.3) is 0 Å². The molecule has 0 amide bonds. The summed E-state index contributed by atoms with van der Waals surface area (Å²) < 4.78 is 10.6. The molecule has 1 aliphatic rings. The Kier molecular flexibility index (Phi) is 3.59. The van der Waals surface area contributed by atoms with Crippen LogP contribution in [0.3, 0.4) is 0 Å². The average molecular weight is 288 g/mol. The predicted octanol–water partition coefficient (Wildman–Crippen LogP) is 2.50. The van der Waals surface area contributed by atoms with E-state index in [-0.39, 0.29) is 5.92 Å². The van der Waals surface area contributed by atoms with Crippen molar-refractivity contribution in [1.82, 2.24) is 10.2 Å². The molecule has 0 saturated carbocycles. The fourth-order valence-corrected chi connectivity index (χ4v) is 3.15.